The first-order chi connectivity index (χ1) is 12.6. The quantitative estimate of drug-likeness (QED) is 0.626. The number of nitrogens with zero attached hydrogens (tertiary/aromatic N) is 2. The highest BCUT2D eigenvalue weighted by Crippen LogP contribution is 2.29. The molecule has 0 atom stereocenters. The summed E-state index contributed by atoms with van der Waals surface area (Å²) in [7, 11) is 1.57. The van der Waals surface area contributed by atoms with Crippen LogP contribution in [0.15, 0.2) is 41.5 Å². The third kappa shape index (κ3) is 4.12. The van der Waals surface area contributed by atoms with Crippen molar-refractivity contribution in [3.05, 3.63) is 48.0 Å². The zero-order chi connectivity index (χ0) is 18.5. The van der Waals surface area contributed by atoms with Gasteiger partial charge in [0.1, 0.15) is 18.2 Å². The van der Waals surface area contributed by atoms with Crippen molar-refractivity contribution >= 4 is 17.5 Å². The lowest BCUT2D eigenvalue weighted by Crippen LogP contribution is -2.13. The number of hydrazone groups is 1. The number of hydrogen-bond donors (Lipinski definition) is 1. The van der Waals surface area contributed by atoms with Gasteiger partial charge in [0.25, 0.3) is 0 Å². The lowest BCUT2D eigenvalue weighted by molar-refractivity contribution is 0.146. The molecule has 2 aromatic carbocycles. The van der Waals surface area contributed by atoms with Crippen LogP contribution < -0.4 is 20.2 Å². The van der Waals surface area contributed by atoms with Crippen LogP contribution in [0, 0.1) is 11.6 Å². The van der Waals surface area contributed by atoms with E-state index in [1.807, 2.05) is 0 Å². The summed E-state index contributed by atoms with van der Waals surface area (Å²) in [5.74, 6) is -1.26. The second kappa shape index (κ2) is 7.87. The van der Waals surface area contributed by atoms with Gasteiger partial charge in [0.05, 0.1) is 18.0 Å². The third-order valence-electron chi connectivity index (χ3n) is 3.44. The van der Waals surface area contributed by atoms with E-state index in [1.54, 1.807) is 25.3 Å². The predicted molar refractivity (Wildman–Crippen MR) is 91.1 cm³/mol. The average Bonchev–Trinajstić information content (AvgIpc) is 3.08. The molecule has 0 fully saturated rings. The maximum atomic E-state index is 13.6. The maximum absolute atomic E-state index is 13.6. The Morgan fingerprint density at radius 1 is 1.15 bits per heavy atom. The van der Waals surface area contributed by atoms with Crippen LogP contribution in [0.2, 0.25) is 0 Å². The highest BCUT2D eigenvalue weighted by Gasteiger charge is 2.21. The monoisotopic (exact) mass is 365 g/mol. The molecule has 7 nitrogen and oxygen atoms in total. The molecule has 0 unspecified atom stereocenters. The summed E-state index contributed by atoms with van der Waals surface area (Å²) < 4.78 is 47.5. The Kier molecular flexibility index (Phi) is 5.37. The van der Waals surface area contributed by atoms with Gasteiger partial charge in [-0.2, -0.15) is 0 Å². The molecule has 0 radical (unpaired) electrons. The predicted octanol–water partition coefficient (Wildman–Crippen LogP) is 2.72. The summed E-state index contributed by atoms with van der Waals surface area (Å²) in [6, 6.07) is 8.04. The van der Waals surface area contributed by atoms with E-state index < -0.39 is 11.6 Å². The SMILES string of the molecule is COCCOc1cc(N2COC(Oc3ccc(F)cc3F)=N2)ccc1N. The first-order valence-electron chi connectivity index (χ1n) is 7.70. The minimum absolute atomic E-state index is 0.0551. The second-order valence-corrected chi connectivity index (χ2v) is 5.28. The number of benzene rings is 2. The first-order valence-corrected chi connectivity index (χ1v) is 7.70. The highest BCUT2D eigenvalue weighted by atomic mass is 19.1. The molecule has 0 aliphatic carbocycles. The Balaban J connectivity index is 1.71. The first kappa shape index (κ1) is 17.7. The van der Waals surface area contributed by atoms with E-state index in [4.69, 9.17) is 24.7 Å². The molecule has 0 amide bonds. The fourth-order valence-electron chi connectivity index (χ4n) is 2.15. The molecule has 26 heavy (non-hydrogen) atoms. The van der Waals surface area contributed by atoms with E-state index in [2.05, 4.69) is 5.10 Å². The van der Waals surface area contributed by atoms with E-state index in [0.29, 0.717) is 36.4 Å². The lowest BCUT2D eigenvalue weighted by Gasteiger charge is -2.14. The molecular formula is C17H17F2N3O4. The number of nitrogens with two attached hydrogens (primary N) is 1. The second-order valence-electron chi connectivity index (χ2n) is 5.28. The van der Waals surface area contributed by atoms with Crippen molar-refractivity contribution in [2.24, 2.45) is 5.10 Å². The van der Waals surface area contributed by atoms with Crippen molar-refractivity contribution in [2.45, 2.75) is 0 Å². The van der Waals surface area contributed by atoms with E-state index in [0.717, 1.165) is 12.1 Å². The molecule has 1 heterocycles. The minimum Gasteiger partial charge on any atom is -0.489 e. The van der Waals surface area contributed by atoms with E-state index in [9.17, 15) is 8.78 Å². The minimum atomic E-state index is -0.851. The molecule has 138 valence electrons. The Labute approximate surface area is 148 Å². The third-order valence-corrected chi connectivity index (χ3v) is 3.44. The summed E-state index contributed by atoms with van der Waals surface area (Å²) in [5.41, 5.74) is 6.99. The Hall–Kier alpha value is -3.07. The molecule has 1 aliphatic rings. The van der Waals surface area contributed by atoms with Gasteiger partial charge in [-0.1, -0.05) is 5.10 Å². The molecule has 0 saturated heterocycles. The zero-order valence-electron chi connectivity index (χ0n) is 13.9. The molecule has 3 rings (SSSR count). The highest BCUT2D eigenvalue weighted by molar-refractivity contribution is 5.74. The van der Waals surface area contributed by atoms with Crippen molar-refractivity contribution in [3.63, 3.8) is 0 Å². The van der Waals surface area contributed by atoms with Gasteiger partial charge < -0.3 is 24.7 Å². The number of nitrogen functional groups attached to an aromatic ring is 1. The van der Waals surface area contributed by atoms with E-state index >= 15 is 0 Å². The fraction of sp³-hybridized carbons (Fsp3) is 0.235. The molecule has 0 spiro atoms. The Morgan fingerprint density at radius 2 is 2.00 bits per heavy atom. The Bertz CT molecular complexity index is 817. The van der Waals surface area contributed by atoms with Crippen molar-refractivity contribution in [1.29, 1.82) is 0 Å². The number of anilines is 2. The van der Waals surface area contributed by atoms with Crippen LogP contribution >= 0.6 is 0 Å². The van der Waals surface area contributed by atoms with Gasteiger partial charge in [0.15, 0.2) is 18.3 Å². The van der Waals surface area contributed by atoms with Crippen LogP contribution in [0.4, 0.5) is 20.2 Å². The van der Waals surface area contributed by atoms with Crippen molar-refractivity contribution in [3.8, 4) is 11.5 Å². The number of rotatable bonds is 6. The summed E-state index contributed by atoms with van der Waals surface area (Å²) in [6.07, 6.45) is -0.158. The summed E-state index contributed by atoms with van der Waals surface area (Å²) in [4.78, 5) is 0. The molecule has 0 saturated carbocycles. The van der Waals surface area contributed by atoms with Crippen LogP contribution in [0.5, 0.6) is 11.5 Å². The maximum Gasteiger partial charge on any atom is 0.413 e. The number of halogens is 2. The van der Waals surface area contributed by atoms with Crippen LogP contribution in [-0.4, -0.2) is 33.1 Å². The van der Waals surface area contributed by atoms with Crippen LogP contribution in [0.3, 0.4) is 0 Å². The van der Waals surface area contributed by atoms with E-state index in [1.165, 1.54) is 5.01 Å². The van der Waals surface area contributed by atoms with Crippen molar-refractivity contribution < 1.29 is 27.7 Å². The van der Waals surface area contributed by atoms with E-state index in [-0.39, 0.29) is 18.6 Å². The number of hydrogen-bond acceptors (Lipinski definition) is 7. The standard InChI is InChI=1S/C17H17F2N3O4/c1-23-6-7-24-16-9-12(3-4-14(16)20)22-10-25-17(21-22)26-15-5-2-11(18)8-13(15)19/h2-5,8-9H,6-7,10,20H2,1H3. The normalized spacial score (nSPS) is 13.3. The number of ether oxygens (including phenoxy) is 4. The van der Waals surface area contributed by atoms with Gasteiger partial charge >= 0.3 is 6.08 Å². The number of methoxy groups -OCH3 is 1. The Morgan fingerprint density at radius 3 is 2.77 bits per heavy atom. The van der Waals surface area contributed by atoms with Crippen molar-refractivity contribution in [1.82, 2.24) is 0 Å². The van der Waals surface area contributed by atoms with Gasteiger partial charge in [-0.05, 0) is 24.3 Å². The molecule has 2 aromatic rings. The van der Waals surface area contributed by atoms with Crippen LogP contribution in [-0.2, 0) is 9.47 Å². The summed E-state index contributed by atoms with van der Waals surface area (Å²) in [6.45, 7) is 0.831. The van der Waals surface area contributed by atoms with Crippen LogP contribution in [0.25, 0.3) is 0 Å². The average molecular weight is 365 g/mol. The largest absolute Gasteiger partial charge is 0.489 e. The molecule has 0 bridgehead atoms. The van der Waals surface area contributed by atoms with Gasteiger partial charge in [0.2, 0.25) is 0 Å². The summed E-state index contributed by atoms with van der Waals surface area (Å²) in [5, 5.41) is 5.59. The fourth-order valence-corrected chi connectivity index (χ4v) is 2.15. The van der Waals surface area contributed by atoms with Gasteiger partial charge in [-0.25, -0.2) is 13.8 Å². The van der Waals surface area contributed by atoms with Crippen LogP contribution in [0.1, 0.15) is 0 Å². The smallest absolute Gasteiger partial charge is 0.413 e. The topological polar surface area (TPSA) is 78.5 Å². The molecule has 0 aromatic heterocycles. The van der Waals surface area contributed by atoms with Gasteiger partial charge in [-0.3, -0.25) is 0 Å². The summed E-state index contributed by atoms with van der Waals surface area (Å²) >= 11 is 0. The molecule has 2 N–H and O–H groups in total. The molecular weight excluding hydrogens is 348 g/mol. The molecule has 1 aliphatic heterocycles. The molecule has 9 heteroatoms. The van der Waals surface area contributed by atoms with Crippen molar-refractivity contribution in [2.75, 3.05) is 37.8 Å². The zero-order valence-corrected chi connectivity index (χ0v) is 13.9. The lowest BCUT2D eigenvalue weighted by atomic mass is 10.2. The van der Waals surface area contributed by atoms with Gasteiger partial charge in [-0.15, -0.1) is 0 Å². The van der Waals surface area contributed by atoms with Gasteiger partial charge in [0, 0.05) is 19.2 Å².